The van der Waals surface area contributed by atoms with Crippen molar-refractivity contribution in [1.82, 2.24) is 29.5 Å². The van der Waals surface area contributed by atoms with Crippen LogP contribution in [0.1, 0.15) is 60.0 Å². The molecule has 0 bridgehead atoms. The van der Waals surface area contributed by atoms with Gasteiger partial charge in [-0.05, 0) is 50.9 Å². The first kappa shape index (κ1) is 18.1. The minimum absolute atomic E-state index is 0.0813. The lowest BCUT2D eigenvalue weighted by Crippen LogP contribution is -2.39. The van der Waals surface area contributed by atoms with Gasteiger partial charge in [0.05, 0.1) is 6.54 Å². The molecule has 0 spiro atoms. The number of aromatic nitrogens is 4. The van der Waals surface area contributed by atoms with Gasteiger partial charge in [0.2, 0.25) is 0 Å². The third kappa shape index (κ3) is 4.03. The van der Waals surface area contributed by atoms with Gasteiger partial charge >= 0.3 is 0 Å². The maximum absolute atomic E-state index is 12.8. The van der Waals surface area contributed by atoms with Crippen LogP contribution in [0.25, 0.3) is 0 Å². The van der Waals surface area contributed by atoms with E-state index in [0.717, 1.165) is 50.7 Å². The van der Waals surface area contributed by atoms with E-state index in [1.54, 1.807) is 24.5 Å². The van der Waals surface area contributed by atoms with E-state index in [0.29, 0.717) is 12.1 Å². The van der Waals surface area contributed by atoms with Crippen molar-refractivity contribution >= 4 is 5.91 Å². The van der Waals surface area contributed by atoms with E-state index in [1.165, 1.54) is 19.3 Å². The molecule has 7 nitrogen and oxygen atoms in total. The molecule has 2 aliphatic rings. The monoisotopic (exact) mass is 368 g/mol. The first-order valence-electron chi connectivity index (χ1n) is 10.0. The van der Waals surface area contributed by atoms with Crippen molar-refractivity contribution in [3.05, 3.63) is 41.7 Å². The summed E-state index contributed by atoms with van der Waals surface area (Å²) in [7, 11) is 2.07. The molecule has 0 aromatic carbocycles. The summed E-state index contributed by atoms with van der Waals surface area (Å²) in [5, 5.41) is 8.98. The predicted molar refractivity (Wildman–Crippen MR) is 102 cm³/mol. The van der Waals surface area contributed by atoms with E-state index in [-0.39, 0.29) is 11.8 Å². The van der Waals surface area contributed by atoms with E-state index >= 15 is 0 Å². The van der Waals surface area contributed by atoms with Crippen LogP contribution in [-0.2, 0) is 13.6 Å². The van der Waals surface area contributed by atoms with Crippen molar-refractivity contribution in [3.63, 3.8) is 0 Å². The van der Waals surface area contributed by atoms with Gasteiger partial charge in [-0.25, -0.2) is 0 Å². The molecule has 1 atom stereocenters. The second-order valence-electron chi connectivity index (χ2n) is 7.70. The van der Waals surface area contributed by atoms with Crippen molar-refractivity contribution in [2.45, 2.75) is 44.6 Å². The van der Waals surface area contributed by atoms with Gasteiger partial charge < -0.3 is 9.47 Å². The van der Waals surface area contributed by atoms with Gasteiger partial charge in [0.25, 0.3) is 5.91 Å². The lowest BCUT2D eigenvalue weighted by atomic mass is 9.96. The Morgan fingerprint density at radius 1 is 1.07 bits per heavy atom. The zero-order valence-corrected chi connectivity index (χ0v) is 16.0. The number of rotatable bonds is 4. The molecular weight excluding hydrogens is 340 g/mol. The average molecular weight is 368 g/mol. The zero-order valence-electron chi connectivity index (χ0n) is 16.0. The second-order valence-corrected chi connectivity index (χ2v) is 7.70. The Bertz CT molecular complexity index is 768. The first-order valence-corrected chi connectivity index (χ1v) is 10.0. The maximum Gasteiger partial charge on any atom is 0.253 e. The summed E-state index contributed by atoms with van der Waals surface area (Å²) < 4.78 is 2.15. The largest absolute Gasteiger partial charge is 0.338 e. The van der Waals surface area contributed by atoms with Crippen molar-refractivity contribution < 1.29 is 4.79 Å². The standard InChI is InChI=1S/C20H28N6O/c1-24-18(15-25-11-3-2-4-12-25)22-23-19(24)17-6-5-13-26(14-17)20(27)16-7-9-21-10-8-16/h7-10,17H,2-6,11-15H2,1H3/t17-/m1/s1. The van der Waals surface area contributed by atoms with E-state index in [2.05, 4.69) is 31.7 Å². The van der Waals surface area contributed by atoms with Crippen LogP contribution in [0, 0.1) is 0 Å². The van der Waals surface area contributed by atoms with Crippen LogP contribution in [-0.4, -0.2) is 61.6 Å². The van der Waals surface area contributed by atoms with Gasteiger partial charge in [-0.2, -0.15) is 0 Å². The molecule has 1 amide bonds. The minimum atomic E-state index is 0.0813. The van der Waals surface area contributed by atoms with Gasteiger partial charge in [-0.15, -0.1) is 10.2 Å². The van der Waals surface area contributed by atoms with E-state index in [4.69, 9.17) is 0 Å². The molecule has 0 saturated carbocycles. The Balaban J connectivity index is 1.44. The normalized spacial score (nSPS) is 21.4. The highest BCUT2D eigenvalue weighted by atomic mass is 16.2. The van der Waals surface area contributed by atoms with Crippen LogP contribution in [0.3, 0.4) is 0 Å². The third-order valence-electron chi connectivity index (χ3n) is 5.81. The van der Waals surface area contributed by atoms with Crippen LogP contribution in [0.4, 0.5) is 0 Å². The number of piperidine rings is 2. The second kappa shape index (κ2) is 8.17. The topological polar surface area (TPSA) is 67.2 Å². The van der Waals surface area contributed by atoms with Crippen LogP contribution in [0.5, 0.6) is 0 Å². The minimum Gasteiger partial charge on any atom is -0.338 e. The molecule has 4 rings (SSSR count). The number of amides is 1. The fraction of sp³-hybridized carbons (Fsp3) is 0.600. The molecule has 4 heterocycles. The molecular formula is C20H28N6O. The Hall–Kier alpha value is -2.28. The number of carbonyl (C=O) groups excluding carboxylic acids is 1. The Labute approximate surface area is 160 Å². The fourth-order valence-corrected chi connectivity index (χ4v) is 4.24. The molecule has 2 aromatic heterocycles. The summed E-state index contributed by atoms with van der Waals surface area (Å²) >= 11 is 0. The van der Waals surface area contributed by atoms with Gasteiger partial charge in [0, 0.05) is 44.0 Å². The number of nitrogens with zero attached hydrogens (tertiary/aromatic N) is 6. The number of likely N-dealkylation sites (tertiary alicyclic amines) is 2. The summed E-state index contributed by atoms with van der Waals surface area (Å²) in [5.41, 5.74) is 0.703. The van der Waals surface area contributed by atoms with E-state index in [9.17, 15) is 4.79 Å². The Morgan fingerprint density at radius 3 is 2.63 bits per heavy atom. The molecule has 2 aromatic rings. The number of hydrogen-bond donors (Lipinski definition) is 0. The number of carbonyl (C=O) groups is 1. The smallest absolute Gasteiger partial charge is 0.253 e. The highest BCUT2D eigenvalue weighted by molar-refractivity contribution is 5.94. The van der Waals surface area contributed by atoms with Crippen molar-refractivity contribution in [2.75, 3.05) is 26.2 Å². The Morgan fingerprint density at radius 2 is 1.85 bits per heavy atom. The summed E-state index contributed by atoms with van der Waals surface area (Å²) in [4.78, 5) is 21.2. The highest BCUT2D eigenvalue weighted by Gasteiger charge is 2.29. The van der Waals surface area contributed by atoms with E-state index in [1.807, 2.05) is 4.90 Å². The van der Waals surface area contributed by atoms with Crippen LogP contribution in [0.15, 0.2) is 24.5 Å². The molecule has 0 aliphatic carbocycles. The van der Waals surface area contributed by atoms with Crippen LogP contribution >= 0.6 is 0 Å². The van der Waals surface area contributed by atoms with Crippen molar-refractivity contribution in [1.29, 1.82) is 0 Å². The lowest BCUT2D eigenvalue weighted by molar-refractivity contribution is 0.0703. The average Bonchev–Trinajstić information content (AvgIpc) is 3.09. The van der Waals surface area contributed by atoms with E-state index < -0.39 is 0 Å². The summed E-state index contributed by atoms with van der Waals surface area (Å²) in [6, 6.07) is 3.57. The quantitative estimate of drug-likeness (QED) is 0.828. The zero-order chi connectivity index (χ0) is 18.6. The van der Waals surface area contributed by atoms with Gasteiger partial charge in [-0.1, -0.05) is 6.42 Å². The molecule has 0 N–H and O–H groups in total. The SMILES string of the molecule is Cn1c(CN2CCCCC2)nnc1[C@@H]1CCCN(C(=O)c2ccncc2)C1. The van der Waals surface area contributed by atoms with Crippen LogP contribution in [0.2, 0.25) is 0 Å². The molecule has 27 heavy (non-hydrogen) atoms. The van der Waals surface area contributed by atoms with Gasteiger partial charge in [0.1, 0.15) is 11.6 Å². The molecule has 2 saturated heterocycles. The maximum atomic E-state index is 12.8. The first-order chi connectivity index (χ1) is 13.2. The molecule has 7 heteroatoms. The fourth-order valence-electron chi connectivity index (χ4n) is 4.24. The lowest BCUT2D eigenvalue weighted by Gasteiger charge is -2.32. The summed E-state index contributed by atoms with van der Waals surface area (Å²) in [5.74, 6) is 2.37. The van der Waals surface area contributed by atoms with Crippen molar-refractivity contribution in [3.8, 4) is 0 Å². The molecule has 144 valence electrons. The summed E-state index contributed by atoms with van der Waals surface area (Å²) in [6.45, 7) is 4.68. The molecule has 2 fully saturated rings. The summed E-state index contributed by atoms with van der Waals surface area (Å²) in [6.07, 6.45) is 9.28. The van der Waals surface area contributed by atoms with Gasteiger partial charge in [0.15, 0.2) is 0 Å². The Kier molecular flexibility index (Phi) is 5.48. The highest BCUT2D eigenvalue weighted by Crippen LogP contribution is 2.27. The molecule has 0 radical (unpaired) electrons. The van der Waals surface area contributed by atoms with Crippen molar-refractivity contribution in [2.24, 2.45) is 7.05 Å². The van der Waals surface area contributed by atoms with Crippen LogP contribution < -0.4 is 0 Å². The molecule has 2 aliphatic heterocycles. The number of hydrogen-bond acceptors (Lipinski definition) is 5. The third-order valence-corrected chi connectivity index (χ3v) is 5.81. The molecule has 0 unspecified atom stereocenters. The predicted octanol–water partition coefficient (Wildman–Crippen LogP) is 2.22. The van der Waals surface area contributed by atoms with Gasteiger partial charge in [-0.3, -0.25) is 14.7 Å². The number of pyridine rings is 1.